The minimum Gasteiger partial charge on any atom is -0.496 e. The molecule has 0 unspecified atom stereocenters. The summed E-state index contributed by atoms with van der Waals surface area (Å²) in [5.41, 5.74) is 8.07. The average molecular weight is 909 g/mol. The van der Waals surface area contributed by atoms with Gasteiger partial charge in [0.25, 0.3) is 0 Å². The number of carbonyl (C=O) groups is 1. The first-order valence-corrected chi connectivity index (χ1v) is 20.5. The fourth-order valence-corrected chi connectivity index (χ4v) is 8.32. The molecular weight excluding hydrogens is 834 g/mol. The van der Waals surface area contributed by atoms with Crippen LogP contribution in [-0.2, 0) is 14.3 Å². The van der Waals surface area contributed by atoms with Crippen LogP contribution in [0, 0.1) is 22.7 Å². The summed E-state index contributed by atoms with van der Waals surface area (Å²) in [5.74, 6) is 3.86. The molecule has 0 saturated carbocycles. The number of H-pyrrole nitrogens is 1. The zero-order chi connectivity index (χ0) is 43.3. The van der Waals surface area contributed by atoms with Crippen molar-refractivity contribution < 1.29 is 28.5 Å². The number of ketones is 1. The number of hydrogen-bond acceptors (Lipinski definition) is 9. The Bertz CT molecular complexity index is 1970. The standard InChI is InChI=1S/C19H26N2O2.C11H19BrO2.C8H10N2O.C8H7NO.3CH4/c1-18(2)10-13(11-19(3,4)23-18)15-12-20-17(21-15)14-8-6-7-9-16(14)22-5;1-10(2)5-8(9(13)7-12)6-11(3,4)14-10;1-11-7-5-3-2-4-6(7)8(9)10;1-10-8-5-3-2-4-7(8)6-9;;;/h6-9,12-13H,10-11H2,1-5H3,(H,20,21);8H,5-7H2,1-4H3;2-5H,1H3,(H3,9,10);2-5H,1H3;3*1H4. The number of methoxy groups -OCH3 is 3. The monoisotopic (exact) mass is 907 g/mol. The number of Topliss-reactive ketones (excluding diaryl/α,β-unsaturated/α-hetero) is 1. The van der Waals surface area contributed by atoms with Crippen molar-refractivity contribution in [2.75, 3.05) is 26.7 Å². The van der Waals surface area contributed by atoms with Crippen molar-refractivity contribution >= 4 is 27.5 Å². The lowest BCUT2D eigenvalue weighted by Gasteiger charge is -2.45. The van der Waals surface area contributed by atoms with E-state index in [2.05, 4.69) is 81.3 Å². The molecule has 0 spiro atoms. The molecule has 3 aromatic carbocycles. The largest absolute Gasteiger partial charge is 0.496 e. The third kappa shape index (κ3) is 17.3. The summed E-state index contributed by atoms with van der Waals surface area (Å²) in [6.45, 7) is 16.9. The molecule has 0 atom stereocenters. The second-order valence-corrected chi connectivity index (χ2v) is 17.4. The zero-order valence-corrected chi connectivity index (χ0v) is 37.6. The molecule has 2 aliphatic rings. The topological polar surface area (TPSA) is 166 Å². The molecule has 61 heavy (non-hydrogen) atoms. The number of para-hydroxylation sites is 3. The summed E-state index contributed by atoms with van der Waals surface area (Å²) in [4.78, 5) is 19.7. The summed E-state index contributed by atoms with van der Waals surface area (Å²) in [7, 11) is 4.80. The third-order valence-corrected chi connectivity index (χ3v) is 10.2. The summed E-state index contributed by atoms with van der Waals surface area (Å²) >= 11 is 3.24. The molecule has 2 fully saturated rings. The lowest BCUT2D eigenvalue weighted by atomic mass is 9.79. The predicted molar refractivity (Wildman–Crippen MR) is 254 cm³/mol. The van der Waals surface area contributed by atoms with Crippen LogP contribution in [0.5, 0.6) is 17.2 Å². The number of halogens is 1. The summed E-state index contributed by atoms with van der Waals surface area (Å²) in [5, 5.41) is 16.2. The van der Waals surface area contributed by atoms with Crippen LogP contribution in [0.25, 0.3) is 11.4 Å². The first-order chi connectivity index (χ1) is 27.2. The number of benzene rings is 3. The molecule has 4 aromatic rings. The highest BCUT2D eigenvalue weighted by Crippen LogP contribution is 2.43. The Labute approximate surface area is 375 Å². The van der Waals surface area contributed by atoms with E-state index in [1.54, 1.807) is 51.7 Å². The maximum atomic E-state index is 11.6. The first kappa shape index (κ1) is 56.3. The Morgan fingerprint density at radius 2 is 1.21 bits per heavy atom. The fourth-order valence-electron chi connectivity index (χ4n) is 7.86. The maximum Gasteiger partial charge on any atom is 0.146 e. The minimum atomic E-state index is -0.176. The van der Waals surface area contributed by atoms with E-state index in [0.29, 0.717) is 39.7 Å². The lowest BCUT2D eigenvalue weighted by Crippen LogP contribution is -2.47. The van der Waals surface area contributed by atoms with Crippen LogP contribution in [0.15, 0.2) is 79.0 Å². The molecule has 3 heterocycles. The van der Waals surface area contributed by atoms with Gasteiger partial charge in [0.15, 0.2) is 0 Å². The number of rotatable bonds is 8. The number of amidine groups is 1. The number of imidazole rings is 1. The van der Waals surface area contributed by atoms with Crippen molar-refractivity contribution in [2.45, 2.75) is 132 Å². The second kappa shape index (κ2) is 24.7. The highest BCUT2D eigenvalue weighted by Gasteiger charge is 2.42. The van der Waals surface area contributed by atoms with Crippen molar-refractivity contribution in [3.63, 3.8) is 0 Å². The van der Waals surface area contributed by atoms with Gasteiger partial charge in [0.1, 0.15) is 40.8 Å². The third-order valence-electron chi connectivity index (χ3n) is 9.67. The molecular formula is C49H74BrN5O6. The Morgan fingerprint density at radius 1 is 0.770 bits per heavy atom. The van der Waals surface area contributed by atoms with Crippen LogP contribution in [0.3, 0.4) is 0 Å². The quantitative estimate of drug-likeness (QED) is 0.0886. The van der Waals surface area contributed by atoms with Gasteiger partial charge < -0.3 is 34.4 Å². The van der Waals surface area contributed by atoms with Crippen LogP contribution in [0.4, 0.5) is 0 Å². The fraction of sp³-hybridized carbons (Fsp3) is 0.510. The highest BCUT2D eigenvalue weighted by molar-refractivity contribution is 9.09. The number of nitrogens with two attached hydrogens (primary N) is 1. The van der Waals surface area contributed by atoms with Gasteiger partial charge in [-0.25, -0.2) is 4.98 Å². The van der Waals surface area contributed by atoms with Crippen LogP contribution in [0.2, 0.25) is 0 Å². The molecule has 6 rings (SSSR count). The Balaban J connectivity index is 0.000000823. The van der Waals surface area contributed by atoms with Crippen LogP contribution in [0.1, 0.15) is 126 Å². The number of hydrogen-bond donors (Lipinski definition) is 3. The summed E-state index contributed by atoms with van der Waals surface area (Å²) in [6, 6.07) is 24.3. The van der Waals surface area contributed by atoms with Crippen molar-refractivity contribution in [3.05, 3.63) is 95.8 Å². The van der Waals surface area contributed by atoms with Crippen LogP contribution >= 0.6 is 15.9 Å². The van der Waals surface area contributed by atoms with Crippen molar-refractivity contribution in [3.8, 4) is 34.7 Å². The van der Waals surface area contributed by atoms with Crippen molar-refractivity contribution in [1.82, 2.24) is 9.97 Å². The van der Waals surface area contributed by atoms with Gasteiger partial charge in [0.05, 0.1) is 65.8 Å². The number of nitrogens with zero attached hydrogens (tertiary/aromatic N) is 2. The van der Waals surface area contributed by atoms with Gasteiger partial charge in [-0.15, -0.1) is 0 Å². The molecule has 0 aliphatic carbocycles. The number of alkyl halides is 1. The van der Waals surface area contributed by atoms with Gasteiger partial charge in [0.2, 0.25) is 0 Å². The zero-order valence-electron chi connectivity index (χ0n) is 36.0. The predicted octanol–water partition coefficient (Wildman–Crippen LogP) is 11.9. The molecule has 1 aromatic heterocycles. The highest BCUT2D eigenvalue weighted by atomic mass is 79.9. The van der Waals surface area contributed by atoms with Gasteiger partial charge in [-0.3, -0.25) is 10.2 Å². The van der Waals surface area contributed by atoms with Crippen LogP contribution in [-0.4, -0.2) is 70.7 Å². The normalized spacial score (nSPS) is 16.7. The van der Waals surface area contributed by atoms with E-state index in [1.165, 1.54) is 5.69 Å². The van der Waals surface area contributed by atoms with E-state index >= 15 is 0 Å². The molecule has 4 N–H and O–H groups in total. The molecule has 0 bridgehead atoms. The average Bonchev–Trinajstić information content (AvgIpc) is 3.66. The summed E-state index contributed by atoms with van der Waals surface area (Å²) < 4.78 is 27.4. The number of aromatic amines is 1. The number of carbonyl (C=O) groups excluding carboxylic acids is 1. The molecule has 338 valence electrons. The molecule has 0 amide bonds. The smallest absolute Gasteiger partial charge is 0.146 e. The van der Waals surface area contributed by atoms with E-state index in [0.717, 1.165) is 42.8 Å². The Kier molecular flexibility index (Phi) is 22.8. The van der Waals surface area contributed by atoms with E-state index in [9.17, 15) is 4.79 Å². The van der Waals surface area contributed by atoms with E-state index < -0.39 is 0 Å². The van der Waals surface area contributed by atoms with Gasteiger partial charge in [-0.1, -0.05) is 74.6 Å². The number of nitrogen functional groups attached to an aromatic ring is 1. The first-order valence-electron chi connectivity index (χ1n) is 19.4. The SMILES string of the molecule is C.C.C.CC1(C)CC(C(=O)CBr)CC(C)(C)O1.COc1ccccc1-c1ncc(C2CC(C)(C)OC(C)(C)C2)[nH]1.COc1ccccc1C#N.COc1ccccc1C(=N)N. The van der Waals surface area contributed by atoms with Gasteiger partial charge in [0, 0.05) is 23.7 Å². The molecule has 11 nitrogen and oxygen atoms in total. The number of ether oxygens (including phenoxy) is 5. The Hall–Kier alpha value is -4.70. The van der Waals surface area contributed by atoms with E-state index in [4.69, 9.17) is 40.1 Å². The van der Waals surface area contributed by atoms with Crippen LogP contribution < -0.4 is 19.9 Å². The maximum absolute atomic E-state index is 11.6. The summed E-state index contributed by atoms with van der Waals surface area (Å²) in [6.07, 6.45) is 5.61. The van der Waals surface area contributed by atoms with E-state index in [-0.39, 0.29) is 56.4 Å². The molecule has 12 heteroatoms. The molecule has 0 radical (unpaired) electrons. The van der Waals surface area contributed by atoms with E-state index in [1.807, 2.05) is 54.7 Å². The molecule has 2 aliphatic heterocycles. The number of nitriles is 1. The molecule has 2 saturated heterocycles. The second-order valence-electron chi connectivity index (χ2n) is 16.9. The lowest BCUT2D eigenvalue weighted by molar-refractivity contribution is -0.176. The van der Waals surface area contributed by atoms with Gasteiger partial charge in [-0.05, 0) is 117 Å². The van der Waals surface area contributed by atoms with Gasteiger partial charge in [-0.2, -0.15) is 5.26 Å². The Morgan fingerprint density at radius 3 is 1.66 bits per heavy atom. The number of aromatic nitrogens is 2. The number of nitrogens with one attached hydrogen (secondary N) is 2. The van der Waals surface area contributed by atoms with Crippen molar-refractivity contribution in [1.29, 1.82) is 10.7 Å². The van der Waals surface area contributed by atoms with Gasteiger partial charge >= 0.3 is 0 Å². The van der Waals surface area contributed by atoms with Crippen molar-refractivity contribution in [2.24, 2.45) is 11.7 Å². The minimum absolute atomic E-state index is 0.